The maximum Gasteiger partial charge on any atom is 0.240 e. The summed E-state index contributed by atoms with van der Waals surface area (Å²) < 4.78 is 0. The Kier molecular flexibility index (Phi) is 4.39. The van der Waals surface area contributed by atoms with E-state index < -0.39 is 0 Å². The maximum absolute atomic E-state index is 12.7. The van der Waals surface area contributed by atoms with E-state index in [-0.39, 0.29) is 54.0 Å². The zero-order valence-corrected chi connectivity index (χ0v) is 14.9. The van der Waals surface area contributed by atoms with Gasteiger partial charge in [-0.05, 0) is 30.2 Å². The molecule has 1 saturated heterocycles. The van der Waals surface area contributed by atoms with Crippen molar-refractivity contribution in [1.29, 1.82) is 0 Å². The fourth-order valence-corrected chi connectivity index (χ4v) is 4.80. The van der Waals surface area contributed by atoms with Crippen LogP contribution in [0.4, 0.5) is 0 Å². The van der Waals surface area contributed by atoms with Gasteiger partial charge in [0, 0.05) is 0 Å². The van der Waals surface area contributed by atoms with Gasteiger partial charge in [-0.25, -0.2) is 0 Å². The lowest BCUT2D eigenvalue weighted by molar-refractivity contribution is -0.144. The van der Waals surface area contributed by atoms with Crippen LogP contribution < -0.4 is 5.32 Å². The molecule has 1 aliphatic heterocycles. The molecule has 0 spiro atoms. The van der Waals surface area contributed by atoms with E-state index in [2.05, 4.69) is 24.4 Å². The zero-order valence-electron chi connectivity index (χ0n) is 14.9. The Balaban J connectivity index is 1.43. The molecule has 1 saturated carbocycles. The quantitative estimate of drug-likeness (QED) is 0.632. The van der Waals surface area contributed by atoms with Gasteiger partial charge in [-0.1, -0.05) is 55.8 Å². The number of imide groups is 1. The number of amides is 3. The molecule has 2 aliphatic carbocycles. The van der Waals surface area contributed by atoms with Gasteiger partial charge in [0.1, 0.15) is 6.54 Å². The van der Waals surface area contributed by atoms with Crippen LogP contribution in [-0.2, 0) is 14.4 Å². The van der Waals surface area contributed by atoms with E-state index in [1.807, 2.05) is 30.3 Å². The summed E-state index contributed by atoms with van der Waals surface area (Å²) in [6.45, 7) is 1.90. The lowest BCUT2D eigenvalue weighted by Gasteiger charge is -2.21. The topological polar surface area (TPSA) is 66.5 Å². The SMILES string of the molecule is CCCC(NC(=O)CN1C(=O)C2C3C=CC(C3)C2C1=O)c1ccccc1. The van der Waals surface area contributed by atoms with Gasteiger partial charge in [-0.15, -0.1) is 0 Å². The van der Waals surface area contributed by atoms with E-state index in [4.69, 9.17) is 0 Å². The summed E-state index contributed by atoms with van der Waals surface area (Å²) in [7, 11) is 0. The third-order valence-electron chi connectivity index (χ3n) is 5.98. The van der Waals surface area contributed by atoms with Crippen LogP contribution in [0.2, 0.25) is 0 Å². The first-order chi connectivity index (χ1) is 12.6. The van der Waals surface area contributed by atoms with E-state index in [1.165, 1.54) is 4.90 Å². The summed E-state index contributed by atoms with van der Waals surface area (Å²) >= 11 is 0. The molecule has 2 fully saturated rings. The normalized spacial score (nSPS) is 30.0. The average Bonchev–Trinajstić information content (AvgIpc) is 3.32. The first-order valence-electron chi connectivity index (χ1n) is 9.48. The average molecular weight is 352 g/mol. The second-order valence-corrected chi connectivity index (χ2v) is 7.58. The molecule has 0 aromatic heterocycles. The molecule has 0 radical (unpaired) electrons. The molecule has 2 bridgehead atoms. The van der Waals surface area contributed by atoms with Gasteiger partial charge >= 0.3 is 0 Å². The van der Waals surface area contributed by atoms with Crippen molar-refractivity contribution >= 4 is 17.7 Å². The summed E-state index contributed by atoms with van der Waals surface area (Å²) in [6, 6.07) is 9.71. The molecule has 1 aromatic carbocycles. The second kappa shape index (κ2) is 6.71. The molecule has 4 rings (SSSR count). The molecule has 1 heterocycles. The molecule has 5 heteroatoms. The molecular formula is C21H24N2O3. The number of hydrogen-bond acceptors (Lipinski definition) is 3. The third kappa shape index (κ3) is 2.75. The van der Waals surface area contributed by atoms with E-state index in [9.17, 15) is 14.4 Å². The minimum absolute atomic E-state index is 0.0983. The Morgan fingerprint density at radius 3 is 2.31 bits per heavy atom. The minimum Gasteiger partial charge on any atom is -0.348 e. The second-order valence-electron chi connectivity index (χ2n) is 7.58. The lowest BCUT2D eigenvalue weighted by Crippen LogP contribution is -2.42. The molecule has 26 heavy (non-hydrogen) atoms. The highest BCUT2D eigenvalue weighted by molar-refractivity contribution is 6.08. The predicted octanol–water partition coefficient (Wildman–Crippen LogP) is 2.45. The molecule has 1 aromatic rings. The van der Waals surface area contributed by atoms with E-state index in [1.54, 1.807) is 0 Å². The monoisotopic (exact) mass is 352 g/mol. The van der Waals surface area contributed by atoms with E-state index in [0.717, 1.165) is 24.8 Å². The van der Waals surface area contributed by atoms with Crippen LogP contribution in [-0.4, -0.2) is 29.2 Å². The molecular weight excluding hydrogens is 328 g/mol. The third-order valence-corrected chi connectivity index (χ3v) is 5.98. The van der Waals surface area contributed by atoms with Gasteiger partial charge < -0.3 is 5.32 Å². The van der Waals surface area contributed by atoms with Gasteiger partial charge in [0.15, 0.2) is 0 Å². The van der Waals surface area contributed by atoms with Crippen LogP contribution in [0.5, 0.6) is 0 Å². The zero-order chi connectivity index (χ0) is 18.3. The van der Waals surface area contributed by atoms with Gasteiger partial charge in [-0.2, -0.15) is 0 Å². The molecule has 5 atom stereocenters. The van der Waals surface area contributed by atoms with Crippen molar-refractivity contribution < 1.29 is 14.4 Å². The Bertz CT molecular complexity index is 728. The molecule has 3 amide bonds. The number of nitrogens with zero attached hydrogens (tertiary/aromatic N) is 1. The summed E-state index contributed by atoms with van der Waals surface area (Å²) in [4.78, 5) is 39.2. The molecule has 5 unspecified atom stereocenters. The number of hydrogen-bond donors (Lipinski definition) is 1. The van der Waals surface area contributed by atoms with Gasteiger partial charge in [0.25, 0.3) is 0 Å². The largest absolute Gasteiger partial charge is 0.348 e. The van der Waals surface area contributed by atoms with Crippen LogP contribution >= 0.6 is 0 Å². The molecule has 5 nitrogen and oxygen atoms in total. The number of carbonyl (C=O) groups is 3. The molecule has 1 N–H and O–H groups in total. The van der Waals surface area contributed by atoms with Crippen LogP contribution in [0.25, 0.3) is 0 Å². The van der Waals surface area contributed by atoms with Crippen molar-refractivity contribution in [1.82, 2.24) is 10.2 Å². The predicted molar refractivity (Wildman–Crippen MR) is 96.7 cm³/mol. The standard InChI is InChI=1S/C21H24N2O3/c1-2-6-16(13-7-4-3-5-8-13)22-17(24)12-23-20(25)18-14-9-10-15(11-14)19(18)21(23)26/h3-5,7-10,14-16,18-19H,2,6,11-12H2,1H3,(H,22,24). The van der Waals surface area contributed by atoms with Crippen molar-refractivity contribution in [2.24, 2.45) is 23.7 Å². The summed E-state index contributed by atoms with van der Waals surface area (Å²) in [5.74, 6) is -0.748. The number of benzene rings is 1. The van der Waals surface area contributed by atoms with Gasteiger partial charge in [0.2, 0.25) is 17.7 Å². The smallest absolute Gasteiger partial charge is 0.240 e. The number of fused-ring (bicyclic) bond motifs is 5. The maximum atomic E-state index is 12.7. The van der Waals surface area contributed by atoms with Crippen molar-refractivity contribution in [3.63, 3.8) is 0 Å². The fourth-order valence-electron chi connectivity index (χ4n) is 4.80. The Morgan fingerprint density at radius 2 is 1.73 bits per heavy atom. The summed E-state index contributed by atoms with van der Waals surface area (Å²) in [5, 5.41) is 3.01. The van der Waals surface area contributed by atoms with Crippen molar-refractivity contribution in [3.8, 4) is 0 Å². The lowest BCUT2D eigenvalue weighted by atomic mass is 9.85. The van der Waals surface area contributed by atoms with Crippen molar-refractivity contribution in [2.75, 3.05) is 6.54 Å². The molecule has 136 valence electrons. The Hall–Kier alpha value is -2.43. The molecule has 3 aliphatic rings. The first kappa shape index (κ1) is 17.0. The number of rotatable bonds is 6. The van der Waals surface area contributed by atoms with Gasteiger partial charge in [0.05, 0.1) is 17.9 Å². The number of allylic oxidation sites excluding steroid dienone is 2. The van der Waals surface area contributed by atoms with Crippen molar-refractivity contribution in [3.05, 3.63) is 48.0 Å². The Morgan fingerprint density at radius 1 is 1.12 bits per heavy atom. The van der Waals surface area contributed by atoms with Crippen LogP contribution in [0.1, 0.15) is 37.8 Å². The van der Waals surface area contributed by atoms with E-state index >= 15 is 0 Å². The fraction of sp³-hybridized carbons (Fsp3) is 0.476. The highest BCUT2D eigenvalue weighted by atomic mass is 16.2. The van der Waals surface area contributed by atoms with Crippen LogP contribution in [0.15, 0.2) is 42.5 Å². The number of nitrogens with one attached hydrogen (secondary N) is 1. The van der Waals surface area contributed by atoms with Gasteiger partial charge in [-0.3, -0.25) is 19.3 Å². The van der Waals surface area contributed by atoms with Crippen LogP contribution in [0, 0.1) is 23.7 Å². The minimum atomic E-state index is -0.269. The highest BCUT2D eigenvalue weighted by Crippen LogP contribution is 2.52. The summed E-state index contributed by atoms with van der Waals surface area (Å²) in [6.07, 6.45) is 6.78. The first-order valence-corrected chi connectivity index (χ1v) is 9.48. The van der Waals surface area contributed by atoms with Crippen molar-refractivity contribution in [2.45, 2.75) is 32.2 Å². The van der Waals surface area contributed by atoms with E-state index in [0.29, 0.717) is 0 Å². The number of likely N-dealkylation sites (tertiary alicyclic amines) is 1. The van der Waals surface area contributed by atoms with Crippen LogP contribution in [0.3, 0.4) is 0 Å². The number of carbonyl (C=O) groups excluding carboxylic acids is 3. The summed E-state index contributed by atoms with van der Waals surface area (Å²) in [5.41, 5.74) is 1.04. The highest BCUT2D eigenvalue weighted by Gasteiger charge is 2.59. The Labute approximate surface area is 153 Å².